The number of aliphatic hydroxyl groups is 3. The second-order valence-electron chi connectivity index (χ2n) is 7.48. The Morgan fingerprint density at radius 1 is 1.14 bits per heavy atom. The first kappa shape index (κ1) is 18.8. The number of anilines is 1. The quantitative estimate of drug-likeness (QED) is 0.504. The maximum absolute atomic E-state index is 10.4. The number of aliphatic hydroxyl groups excluding tert-OH is 3. The van der Waals surface area contributed by atoms with Crippen LogP contribution >= 0.6 is 0 Å². The van der Waals surface area contributed by atoms with Gasteiger partial charge in [-0.15, -0.1) is 0 Å². The largest absolute Gasteiger partial charge is 0.394 e. The number of hydrogen-bond acceptors (Lipinski definition) is 8. The van der Waals surface area contributed by atoms with Crippen LogP contribution in [0.25, 0.3) is 11.2 Å². The van der Waals surface area contributed by atoms with E-state index in [1.54, 1.807) is 0 Å². The van der Waals surface area contributed by atoms with E-state index < -0.39 is 36.6 Å². The number of nitrogens with zero attached hydrogens (tertiary/aromatic N) is 4. The number of imidazole rings is 1. The van der Waals surface area contributed by atoms with Gasteiger partial charge in [-0.3, -0.25) is 4.57 Å². The summed E-state index contributed by atoms with van der Waals surface area (Å²) in [5.41, 5.74) is 7.40. The third kappa shape index (κ3) is 2.83. The summed E-state index contributed by atoms with van der Waals surface area (Å²) in [5, 5.41) is 29.8. The molecule has 0 saturated carbocycles. The Labute approximate surface area is 161 Å². The lowest BCUT2D eigenvalue weighted by molar-refractivity contribution is -0.0511. The zero-order chi connectivity index (χ0) is 20.1. The standard InChI is InChI=1S/C19H23N5O4/c1-19(2,10-6-4-3-5-7-10)18-22-15(20)12-16(23-18)24(9-21-12)17-14(27)13(26)11(8-25)28-17/h3-7,9,11,13-14,17,25-27H,8H2,1-2H3,(H2,20,22,23)/t11-,13-,14-,17-/m1/s1. The van der Waals surface area contributed by atoms with Crippen LogP contribution in [0.4, 0.5) is 5.82 Å². The molecule has 1 aliphatic heterocycles. The number of hydrogen-bond donors (Lipinski definition) is 4. The number of rotatable bonds is 4. The van der Waals surface area contributed by atoms with Gasteiger partial charge in [0.05, 0.1) is 12.9 Å². The summed E-state index contributed by atoms with van der Waals surface area (Å²) >= 11 is 0. The summed E-state index contributed by atoms with van der Waals surface area (Å²) in [6.45, 7) is 3.58. The molecular weight excluding hydrogens is 362 g/mol. The van der Waals surface area contributed by atoms with Gasteiger partial charge in [-0.25, -0.2) is 15.0 Å². The lowest BCUT2D eigenvalue weighted by Crippen LogP contribution is -2.33. The molecule has 1 saturated heterocycles. The van der Waals surface area contributed by atoms with Gasteiger partial charge >= 0.3 is 0 Å². The molecule has 0 unspecified atom stereocenters. The van der Waals surface area contributed by atoms with Gasteiger partial charge in [0.1, 0.15) is 29.7 Å². The fourth-order valence-electron chi connectivity index (χ4n) is 3.50. The minimum atomic E-state index is -1.24. The molecule has 0 radical (unpaired) electrons. The molecule has 0 spiro atoms. The number of benzene rings is 1. The summed E-state index contributed by atoms with van der Waals surface area (Å²) in [6.07, 6.45) is -2.85. The zero-order valence-electron chi connectivity index (χ0n) is 15.6. The summed E-state index contributed by atoms with van der Waals surface area (Å²) in [6, 6.07) is 9.82. The van der Waals surface area contributed by atoms with Gasteiger partial charge < -0.3 is 25.8 Å². The van der Waals surface area contributed by atoms with E-state index in [0.717, 1.165) is 5.56 Å². The summed E-state index contributed by atoms with van der Waals surface area (Å²) in [4.78, 5) is 13.4. The predicted octanol–water partition coefficient (Wildman–Crippen LogP) is 0.346. The second kappa shape index (κ2) is 6.78. The molecule has 4 rings (SSSR count). The molecule has 3 aromatic rings. The van der Waals surface area contributed by atoms with Crippen molar-refractivity contribution in [2.24, 2.45) is 0 Å². The highest BCUT2D eigenvalue weighted by Crippen LogP contribution is 2.34. The topological polar surface area (TPSA) is 140 Å². The van der Waals surface area contributed by atoms with E-state index >= 15 is 0 Å². The number of nitrogen functional groups attached to an aromatic ring is 1. The van der Waals surface area contributed by atoms with Gasteiger partial charge in [0, 0.05) is 5.41 Å². The van der Waals surface area contributed by atoms with Gasteiger partial charge in [0.2, 0.25) is 0 Å². The molecule has 1 fully saturated rings. The fraction of sp³-hybridized carbons (Fsp3) is 0.421. The number of fused-ring (bicyclic) bond motifs is 1. The first-order chi connectivity index (χ1) is 13.3. The SMILES string of the molecule is CC(C)(c1ccccc1)c1nc(N)c2ncn([C@@H]3O[C@H](CO)[C@@H](O)[C@H]3O)c2n1. The van der Waals surface area contributed by atoms with Crippen molar-refractivity contribution in [1.82, 2.24) is 19.5 Å². The molecule has 28 heavy (non-hydrogen) atoms. The van der Waals surface area contributed by atoms with E-state index in [9.17, 15) is 15.3 Å². The van der Waals surface area contributed by atoms with Crippen LogP contribution in [0.15, 0.2) is 36.7 Å². The Morgan fingerprint density at radius 2 is 1.86 bits per heavy atom. The Kier molecular flexibility index (Phi) is 4.54. The van der Waals surface area contributed by atoms with E-state index in [1.807, 2.05) is 44.2 Å². The fourth-order valence-corrected chi connectivity index (χ4v) is 3.50. The van der Waals surface area contributed by atoms with Crippen LogP contribution in [0.3, 0.4) is 0 Å². The summed E-state index contributed by atoms with van der Waals surface area (Å²) in [7, 11) is 0. The van der Waals surface area contributed by atoms with Crippen molar-refractivity contribution in [3.05, 3.63) is 48.0 Å². The normalized spacial score (nSPS) is 25.5. The predicted molar refractivity (Wildman–Crippen MR) is 101 cm³/mol. The minimum Gasteiger partial charge on any atom is -0.394 e. The van der Waals surface area contributed by atoms with Gasteiger partial charge in [0.25, 0.3) is 0 Å². The van der Waals surface area contributed by atoms with Crippen LogP contribution in [0.5, 0.6) is 0 Å². The second-order valence-corrected chi connectivity index (χ2v) is 7.48. The molecule has 5 N–H and O–H groups in total. The van der Waals surface area contributed by atoms with Crippen molar-refractivity contribution in [3.8, 4) is 0 Å². The van der Waals surface area contributed by atoms with E-state index in [0.29, 0.717) is 17.0 Å². The third-order valence-corrected chi connectivity index (χ3v) is 5.29. The molecule has 0 aliphatic carbocycles. The van der Waals surface area contributed by atoms with Crippen LogP contribution < -0.4 is 5.73 Å². The van der Waals surface area contributed by atoms with E-state index in [-0.39, 0.29) is 5.82 Å². The maximum Gasteiger partial charge on any atom is 0.168 e. The van der Waals surface area contributed by atoms with Crippen molar-refractivity contribution in [2.45, 2.75) is 43.8 Å². The molecule has 4 atom stereocenters. The maximum atomic E-state index is 10.4. The van der Waals surface area contributed by atoms with E-state index in [2.05, 4.69) is 15.0 Å². The molecule has 0 bridgehead atoms. The van der Waals surface area contributed by atoms with Gasteiger partial charge in [0.15, 0.2) is 17.7 Å². The molecule has 1 aliphatic rings. The average Bonchev–Trinajstić information content (AvgIpc) is 3.24. The first-order valence-electron chi connectivity index (χ1n) is 9.03. The highest BCUT2D eigenvalue weighted by atomic mass is 16.6. The van der Waals surface area contributed by atoms with Crippen LogP contribution in [-0.2, 0) is 10.2 Å². The highest BCUT2D eigenvalue weighted by Gasteiger charge is 2.44. The molecule has 0 amide bonds. The van der Waals surface area contributed by atoms with Crippen LogP contribution in [0.2, 0.25) is 0 Å². The lowest BCUT2D eigenvalue weighted by atomic mass is 9.84. The minimum absolute atomic E-state index is 0.217. The molecule has 148 valence electrons. The molecular formula is C19H23N5O4. The van der Waals surface area contributed by atoms with E-state index in [1.165, 1.54) is 10.9 Å². The zero-order valence-corrected chi connectivity index (χ0v) is 15.6. The lowest BCUT2D eigenvalue weighted by Gasteiger charge is -2.24. The van der Waals surface area contributed by atoms with Crippen molar-refractivity contribution < 1.29 is 20.1 Å². The van der Waals surface area contributed by atoms with Gasteiger partial charge in [-0.1, -0.05) is 30.3 Å². The average molecular weight is 385 g/mol. The molecule has 9 nitrogen and oxygen atoms in total. The molecule has 1 aromatic carbocycles. The highest BCUT2D eigenvalue weighted by molar-refractivity contribution is 5.81. The van der Waals surface area contributed by atoms with Crippen molar-refractivity contribution in [2.75, 3.05) is 12.3 Å². The third-order valence-electron chi connectivity index (χ3n) is 5.29. The first-order valence-corrected chi connectivity index (χ1v) is 9.03. The number of nitrogens with two attached hydrogens (primary N) is 1. The Bertz CT molecular complexity index is 991. The molecule has 3 heterocycles. The summed E-state index contributed by atoms with van der Waals surface area (Å²) < 4.78 is 7.12. The monoisotopic (exact) mass is 385 g/mol. The number of aromatic nitrogens is 4. The van der Waals surface area contributed by atoms with Gasteiger partial charge in [-0.05, 0) is 19.4 Å². The Hall–Kier alpha value is -2.59. The molecule has 9 heteroatoms. The van der Waals surface area contributed by atoms with Crippen molar-refractivity contribution >= 4 is 17.0 Å². The smallest absolute Gasteiger partial charge is 0.168 e. The van der Waals surface area contributed by atoms with Crippen molar-refractivity contribution in [3.63, 3.8) is 0 Å². The van der Waals surface area contributed by atoms with Crippen LogP contribution in [0, 0.1) is 0 Å². The van der Waals surface area contributed by atoms with E-state index in [4.69, 9.17) is 10.5 Å². The van der Waals surface area contributed by atoms with Crippen LogP contribution in [0.1, 0.15) is 31.5 Å². The Morgan fingerprint density at radius 3 is 2.50 bits per heavy atom. The molecule has 2 aromatic heterocycles. The number of ether oxygens (including phenoxy) is 1. The summed E-state index contributed by atoms with van der Waals surface area (Å²) in [5.74, 6) is 0.715. The Balaban J connectivity index is 1.82. The van der Waals surface area contributed by atoms with Gasteiger partial charge in [-0.2, -0.15) is 0 Å². The van der Waals surface area contributed by atoms with Crippen LogP contribution in [-0.4, -0.2) is 59.8 Å². The van der Waals surface area contributed by atoms with Crippen molar-refractivity contribution in [1.29, 1.82) is 0 Å².